The topological polar surface area (TPSA) is 256 Å². The van der Waals surface area contributed by atoms with E-state index in [0.29, 0.717) is 6.54 Å². The van der Waals surface area contributed by atoms with E-state index in [1.54, 1.807) is 61.7 Å². The number of likely N-dealkylation sites (N-methyl/N-ethyl adjacent to an activating group) is 1. The molecule has 4 saturated heterocycles. The van der Waals surface area contributed by atoms with E-state index in [1.165, 1.54) is 31.8 Å². The number of imidazole rings is 1. The number of carbonyl (C=O) groups excluding carboxylic acids is 1. The predicted octanol–water partition coefficient (Wildman–Crippen LogP) is 1.88. The maximum atomic E-state index is 14.6. The Kier molecular flexibility index (Phi) is 18.4. The molecule has 4 fully saturated rings. The molecule has 1 aromatic heterocycles. The van der Waals surface area contributed by atoms with Gasteiger partial charge < -0.3 is 68.7 Å². The molecule has 4 aliphatic heterocycles. The lowest BCUT2D eigenvalue weighted by Crippen LogP contribution is -2.70. The maximum Gasteiger partial charge on any atom is 0.311 e. The molecule has 7 N–H and O–H groups in total. The molecule has 20 nitrogen and oxygen atoms in total. The number of anilines is 1. The van der Waals surface area contributed by atoms with Gasteiger partial charge in [0.1, 0.15) is 35.1 Å². The molecule has 0 unspecified atom stereocenters. The van der Waals surface area contributed by atoms with Gasteiger partial charge in [0.15, 0.2) is 12.6 Å². The Morgan fingerprint density at radius 1 is 1.00 bits per heavy atom. The van der Waals surface area contributed by atoms with E-state index in [2.05, 4.69) is 19.9 Å². The summed E-state index contributed by atoms with van der Waals surface area (Å²) in [5.74, 6) is -3.06. The third-order valence-electron chi connectivity index (χ3n) is 15.3. The summed E-state index contributed by atoms with van der Waals surface area (Å²) >= 11 is 0. The fraction of sp³-hybridized carbons (Fsp3) is 0.913. The smallest absolute Gasteiger partial charge is 0.311 e. The van der Waals surface area contributed by atoms with E-state index in [4.69, 9.17) is 28.4 Å². The number of aryl methyl sites for hydroxylation is 1. The Balaban J connectivity index is 1.55. The Morgan fingerprint density at radius 2 is 1.66 bits per heavy atom. The number of hydrogen-bond donors (Lipinski definition) is 7. The lowest BCUT2D eigenvalue weighted by molar-refractivity contribution is -0.339. The monoisotopic (exact) mass is 977 g/mol. The number of carbonyl (C=O) groups is 1. The number of ether oxygens (including phenoxy) is 6. The van der Waals surface area contributed by atoms with Crippen LogP contribution >= 0.6 is 0 Å². The quantitative estimate of drug-likeness (QED) is 0.148. The maximum absolute atomic E-state index is 14.6. The Hall–Kier alpha value is -2.09. The molecule has 0 saturated carbocycles. The van der Waals surface area contributed by atoms with Crippen molar-refractivity contribution in [3.05, 3.63) is 12.4 Å². The number of hydrogen-bond acceptors (Lipinski definition) is 17. The SMILES string of the molecule is CC[C@H]1OC(=O)[C@H](C)[C@@H](O[C@H]2C[C@@](C)(OC)[C@](O)(CN3CCCCC3)[C@H](C)O2)[C@H](C)[C@@H](O[C@H]2O[C@@H](C)C[C@@H](N(C)S(=O)(=O)Nc3nccn3C)[C@@H]2O)[C@](C)(O)C[C@@H](C)CN[C@H](C)[C@@H](O)[C@]1(C)O. The van der Waals surface area contributed by atoms with Crippen molar-refractivity contribution in [3.8, 4) is 0 Å². The summed E-state index contributed by atoms with van der Waals surface area (Å²) in [6, 6.07) is -1.73. The van der Waals surface area contributed by atoms with Crippen molar-refractivity contribution in [2.45, 2.75) is 204 Å². The number of cyclic esters (lactones) is 1. The molecule has 0 bridgehead atoms. The van der Waals surface area contributed by atoms with Crippen LogP contribution in [0, 0.1) is 17.8 Å². The van der Waals surface area contributed by atoms with Crippen molar-refractivity contribution in [2.75, 3.05) is 45.1 Å². The van der Waals surface area contributed by atoms with Crippen molar-refractivity contribution in [1.82, 2.24) is 24.1 Å². The van der Waals surface area contributed by atoms with Crippen LogP contribution in [0.15, 0.2) is 12.4 Å². The highest BCUT2D eigenvalue weighted by Gasteiger charge is 2.59. The molecule has 5 rings (SSSR count). The fourth-order valence-electron chi connectivity index (χ4n) is 10.9. The molecule has 4 aliphatic rings. The van der Waals surface area contributed by atoms with Gasteiger partial charge >= 0.3 is 16.2 Å². The summed E-state index contributed by atoms with van der Waals surface area (Å²) in [4.78, 5) is 20.9. The number of aromatic nitrogens is 2. The highest BCUT2D eigenvalue weighted by atomic mass is 32.2. The Labute approximate surface area is 398 Å². The number of likely N-dealkylation sites (tertiary alicyclic amines) is 1. The van der Waals surface area contributed by atoms with Crippen molar-refractivity contribution >= 4 is 22.1 Å². The Bertz CT molecular complexity index is 1870. The number of piperidine rings is 1. The lowest BCUT2D eigenvalue weighted by Gasteiger charge is -2.55. The molecular weight excluding hydrogens is 893 g/mol. The minimum Gasteiger partial charge on any atom is -0.459 e. The number of nitrogens with zero attached hydrogens (tertiary/aromatic N) is 4. The van der Waals surface area contributed by atoms with Crippen molar-refractivity contribution in [3.63, 3.8) is 0 Å². The van der Waals surface area contributed by atoms with Gasteiger partial charge in [-0.1, -0.05) is 27.2 Å². The highest BCUT2D eigenvalue weighted by molar-refractivity contribution is 7.90. The van der Waals surface area contributed by atoms with Gasteiger partial charge in [0, 0.05) is 58.5 Å². The normalized spacial score (nSPS) is 43.8. The van der Waals surface area contributed by atoms with Crippen LogP contribution in [-0.4, -0.2) is 189 Å². The number of nitrogens with one attached hydrogen (secondary N) is 2. The van der Waals surface area contributed by atoms with Gasteiger partial charge in [0.05, 0.1) is 42.0 Å². The van der Waals surface area contributed by atoms with Crippen molar-refractivity contribution in [1.29, 1.82) is 0 Å². The molecule has 18 atom stereocenters. The van der Waals surface area contributed by atoms with E-state index in [0.717, 1.165) is 36.7 Å². The molecule has 1 aromatic rings. The van der Waals surface area contributed by atoms with Crippen LogP contribution in [0.5, 0.6) is 0 Å². The van der Waals surface area contributed by atoms with Crippen LogP contribution in [-0.2, 0) is 50.5 Å². The second-order valence-electron chi connectivity index (χ2n) is 20.9. The summed E-state index contributed by atoms with van der Waals surface area (Å²) in [7, 11) is 0.244. The summed E-state index contributed by atoms with van der Waals surface area (Å²) in [6.45, 7) is 19.3. The second kappa shape index (κ2) is 22.1. The van der Waals surface area contributed by atoms with Gasteiger partial charge in [-0.15, -0.1) is 0 Å². The minimum atomic E-state index is -4.27. The minimum absolute atomic E-state index is 0.0426. The molecule has 0 radical (unpaired) electrons. The number of aliphatic hydroxyl groups is 5. The molecule has 0 spiro atoms. The van der Waals surface area contributed by atoms with Crippen LogP contribution in [0.2, 0.25) is 0 Å². The first-order valence-electron chi connectivity index (χ1n) is 24.2. The summed E-state index contributed by atoms with van der Waals surface area (Å²) in [5.41, 5.74) is -6.28. The third-order valence-corrected chi connectivity index (χ3v) is 16.8. The van der Waals surface area contributed by atoms with Crippen LogP contribution in [0.1, 0.15) is 114 Å². The molecule has 21 heteroatoms. The number of β-amino-alcohol motifs (C(OH)–C–C–N with tert-alkyl or cyclic N) is 1. The number of methoxy groups -OCH3 is 1. The average molecular weight is 977 g/mol. The van der Waals surface area contributed by atoms with Gasteiger partial charge in [-0.3, -0.25) is 4.79 Å². The van der Waals surface area contributed by atoms with Gasteiger partial charge in [0.25, 0.3) is 0 Å². The first-order valence-corrected chi connectivity index (χ1v) is 25.7. The number of aliphatic hydroxyl groups excluding tert-OH is 2. The summed E-state index contributed by atoms with van der Waals surface area (Å²) in [6.07, 6.45) is -3.96. The first-order chi connectivity index (χ1) is 31.1. The fourth-order valence-corrected chi connectivity index (χ4v) is 12.0. The molecule has 0 amide bonds. The highest BCUT2D eigenvalue weighted by Crippen LogP contribution is 2.44. The molecule has 5 heterocycles. The zero-order chi connectivity index (χ0) is 50.0. The van der Waals surface area contributed by atoms with Gasteiger partial charge in [0.2, 0.25) is 5.95 Å². The summed E-state index contributed by atoms with van der Waals surface area (Å²) < 4.78 is 71.2. The van der Waals surface area contributed by atoms with Crippen molar-refractivity contribution in [2.24, 2.45) is 24.8 Å². The van der Waals surface area contributed by atoms with E-state index < -0.39 is 118 Å². The largest absolute Gasteiger partial charge is 0.459 e. The van der Waals surface area contributed by atoms with Gasteiger partial charge in [-0.2, -0.15) is 12.7 Å². The third kappa shape index (κ3) is 12.3. The molecule has 0 aromatic carbocycles. The zero-order valence-electron chi connectivity index (χ0n) is 42.1. The average Bonchev–Trinajstić information content (AvgIpc) is 3.66. The zero-order valence-corrected chi connectivity index (χ0v) is 42.9. The van der Waals surface area contributed by atoms with Gasteiger partial charge in [-0.05, 0) is 106 Å². The second-order valence-corrected chi connectivity index (χ2v) is 22.6. The van der Waals surface area contributed by atoms with Crippen LogP contribution in [0.4, 0.5) is 5.95 Å². The molecule has 388 valence electrons. The number of rotatable bonds is 12. The van der Waals surface area contributed by atoms with Crippen LogP contribution in [0.25, 0.3) is 0 Å². The molecule has 67 heavy (non-hydrogen) atoms. The van der Waals surface area contributed by atoms with E-state index in [-0.39, 0.29) is 44.1 Å². The van der Waals surface area contributed by atoms with Crippen LogP contribution in [0.3, 0.4) is 0 Å². The lowest BCUT2D eigenvalue weighted by atomic mass is 9.74. The standard InChI is InChI=1S/C46H84N6O14S/c1-14-34-45(10,57)38(54)31(6)48-25-27(2)23-43(8,56)39(66-41-36(53)33(22-28(3)62-41)51(12)67(59,60)49-42-47-18-21-50(42)11)29(4)37(30(5)40(55)64-34)65-35-24-44(9,61-13)46(58,32(7)63-35)26-52-19-16-15-17-20-52/h18,21,27-39,41,48,53-54,56-58H,14-17,19-20,22-26H2,1-13H3,(H,47,49)/t27-,28+,29+,30-,31-,32+,33-,34-,35+,36+,37+,38-,39-,41-,43-,44-,45-,46+/m1/s1. The number of esters is 1. The van der Waals surface area contributed by atoms with E-state index in [9.17, 15) is 38.7 Å². The van der Waals surface area contributed by atoms with Gasteiger partial charge in [-0.25, -0.2) is 9.71 Å². The van der Waals surface area contributed by atoms with Crippen LogP contribution < -0.4 is 10.0 Å². The molecular formula is C46H84N6O14S. The van der Waals surface area contributed by atoms with Crippen molar-refractivity contribution < 1.29 is 67.2 Å². The predicted molar refractivity (Wildman–Crippen MR) is 249 cm³/mol. The Morgan fingerprint density at radius 3 is 2.25 bits per heavy atom. The first kappa shape index (κ1) is 55.8. The van der Waals surface area contributed by atoms with E-state index >= 15 is 0 Å². The molecule has 0 aliphatic carbocycles. The summed E-state index contributed by atoms with van der Waals surface area (Å²) in [5, 5.41) is 63.8. The van der Waals surface area contributed by atoms with E-state index in [1.807, 2.05) is 13.8 Å².